The maximum Gasteiger partial charge on any atom is 0.141 e. The zero-order chi connectivity index (χ0) is 16.1. The topological polar surface area (TPSA) is 12.5 Å². The highest BCUT2D eigenvalue weighted by Crippen LogP contribution is 2.32. The van der Waals surface area contributed by atoms with Gasteiger partial charge in [-0.3, -0.25) is 0 Å². The van der Waals surface area contributed by atoms with E-state index in [2.05, 4.69) is 69.9 Å². The average Bonchev–Trinajstić information content (AvgIpc) is 2.48. The summed E-state index contributed by atoms with van der Waals surface area (Å²) in [6.45, 7) is 3.37. The number of ether oxygens (including phenoxy) is 1. The number of nitrogens with zero attached hydrogens (tertiary/aromatic N) is 1. The van der Waals surface area contributed by atoms with Crippen LogP contribution in [0.1, 0.15) is 24.8 Å². The van der Waals surface area contributed by atoms with Gasteiger partial charge in [-0.2, -0.15) is 0 Å². The highest BCUT2D eigenvalue weighted by Gasteiger charge is 2.08. The van der Waals surface area contributed by atoms with E-state index in [0.29, 0.717) is 5.92 Å². The monoisotopic (exact) mass is 425 g/mol. The van der Waals surface area contributed by atoms with E-state index < -0.39 is 0 Å². The minimum Gasteiger partial charge on any atom is -0.456 e. The Morgan fingerprint density at radius 2 is 1.73 bits per heavy atom. The number of hydrogen-bond acceptors (Lipinski definition) is 2. The molecule has 0 aliphatic carbocycles. The molecule has 4 heteroatoms. The number of hydrogen-bond donors (Lipinski definition) is 0. The summed E-state index contributed by atoms with van der Waals surface area (Å²) >= 11 is 6.96. The maximum atomic E-state index is 5.92. The van der Waals surface area contributed by atoms with Crippen LogP contribution in [0.15, 0.2) is 51.4 Å². The van der Waals surface area contributed by atoms with Crippen molar-refractivity contribution >= 4 is 31.9 Å². The van der Waals surface area contributed by atoms with Crippen molar-refractivity contribution in [3.8, 4) is 11.5 Å². The van der Waals surface area contributed by atoms with Crippen molar-refractivity contribution in [3.05, 3.63) is 57.0 Å². The molecule has 0 radical (unpaired) electrons. The van der Waals surface area contributed by atoms with Gasteiger partial charge < -0.3 is 9.64 Å². The second-order valence-corrected chi connectivity index (χ2v) is 7.51. The van der Waals surface area contributed by atoms with E-state index in [-0.39, 0.29) is 0 Å². The van der Waals surface area contributed by atoms with Crippen LogP contribution in [0, 0.1) is 0 Å². The van der Waals surface area contributed by atoms with E-state index in [4.69, 9.17) is 4.74 Å². The second kappa shape index (κ2) is 8.14. The highest BCUT2D eigenvalue weighted by molar-refractivity contribution is 9.11. The smallest absolute Gasteiger partial charge is 0.141 e. The zero-order valence-corrected chi connectivity index (χ0v) is 16.3. The van der Waals surface area contributed by atoms with Crippen molar-refractivity contribution in [1.29, 1.82) is 0 Å². The molecule has 0 aliphatic rings. The van der Waals surface area contributed by atoms with Crippen LogP contribution in [-0.4, -0.2) is 25.5 Å². The molecule has 1 unspecified atom stereocenters. The SMILES string of the molecule is CC(CCN(C)C)c1ccc(Oc2ccc(Br)cc2Br)cc1. The van der Waals surface area contributed by atoms with Gasteiger partial charge in [0.25, 0.3) is 0 Å². The first-order valence-corrected chi connectivity index (χ1v) is 8.92. The van der Waals surface area contributed by atoms with Gasteiger partial charge >= 0.3 is 0 Å². The largest absolute Gasteiger partial charge is 0.456 e. The molecule has 0 bridgehead atoms. The number of benzene rings is 2. The fourth-order valence-electron chi connectivity index (χ4n) is 2.17. The summed E-state index contributed by atoms with van der Waals surface area (Å²) in [5.74, 6) is 2.22. The molecular weight excluding hydrogens is 406 g/mol. The maximum absolute atomic E-state index is 5.92. The van der Waals surface area contributed by atoms with E-state index in [0.717, 1.165) is 33.4 Å². The molecule has 2 rings (SSSR count). The minimum absolute atomic E-state index is 0.552. The molecule has 118 valence electrons. The standard InChI is InChI=1S/C18H21Br2NO/c1-13(10-11-21(2)3)14-4-7-16(8-5-14)22-18-9-6-15(19)12-17(18)20/h4-9,12-13H,10-11H2,1-3H3. The van der Waals surface area contributed by atoms with Crippen molar-refractivity contribution in [2.45, 2.75) is 19.3 Å². The molecule has 0 amide bonds. The first-order chi connectivity index (χ1) is 10.5. The number of rotatable bonds is 6. The van der Waals surface area contributed by atoms with Crippen molar-refractivity contribution < 1.29 is 4.74 Å². The normalized spacial score (nSPS) is 12.5. The first kappa shape index (κ1) is 17.5. The number of halogens is 2. The van der Waals surface area contributed by atoms with Crippen LogP contribution in [0.4, 0.5) is 0 Å². The molecule has 2 nitrogen and oxygen atoms in total. The first-order valence-electron chi connectivity index (χ1n) is 7.33. The fourth-order valence-corrected chi connectivity index (χ4v) is 3.30. The Morgan fingerprint density at radius 1 is 1.05 bits per heavy atom. The van der Waals surface area contributed by atoms with E-state index in [1.165, 1.54) is 5.56 Å². The van der Waals surface area contributed by atoms with Gasteiger partial charge in [0, 0.05) is 4.47 Å². The van der Waals surface area contributed by atoms with Crippen molar-refractivity contribution in [3.63, 3.8) is 0 Å². The summed E-state index contributed by atoms with van der Waals surface area (Å²) in [6, 6.07) is 14.3. The van der Waals surface area contributed by atoms with Crippen molar-refractivity contribution in [2.75, 3.05) is 20.6 Å². The molecule has 0 spiro atoms. The molecule has 0 aliphatic heterocycles. The Morgan fingerprint density at radius 3 is 2.32 bits per heavy atom. The van der Waals surface area contributed by atoms with Crippen molar-refractivity contribution in [2.24, 2.45) is 0 Å². The van der Waals surface area contributed by atoms with Crippen LogP contribution in [0.3, 0.4) is 0 Å². The minimum atomic E-state index is 0.552. The molecule has 0 N–H and O–H groups in total. The lowest BCUT2D eigenvalue weighted by Gasteiger charge is -2.16. The third-order valence-electron chi connectivity index (χ3n) is 3.58. The molecule has 22 heavy (non-hydrogen) atoms. The lowest BCUT2D eigenvalue weighted by atomic mass is 9.97. The molecule has 2 aromatic carbocycles. The lowest BCUT2D eigenvalue weighted by Crippen LogP contribution is -2.14. The molecule has 2 aromatic rings. The predicted molar refractivity (Wildman–Crippen MR) is 99.9 cm³/mol. The summed E-state index contributed by atoms with van der Waals surface area (Å²) in [6.07, 6.45) is 1.16. The summed E-state index contributed by atoms with van der Waals surface area (Å²) in [5.41, 5.74) is 1.35. The van der Waals surface area contributed by atoms with Crippen LogP contribution in [0.2, 0.25) is 0 Å². The van der Waals surface area contributed by atoms with E-state index in [1.807, 2.05) is 30.3 Å². The van der Waals surface area contributed by atoms with Crippen LogP contribution in [0.5, 0.6) is 11.5 Å². The molecule has 0 saturated carbocycles. The second-order valence-electron chi connectivity index (χ2n) is 5.74. The molecule has 0 heterocycles. The summed E-state index contributed by atoms with van der Waals surface area (Å²) < 4.78 is 7.88. The van der Waals surface area contributed by atoms with Crippen molar-refractivity contribution in [1.82, 2.24) is 4.90 Å². The fraction of sp³-hybridized carbons (Fsp3) is 0.333. The zero-order valence-electron chi connectivity index (χ0n) is 13.1. The van der Waals surface area contributed by atoms with Gasteiger partial charge in [-0.25, -0.2) is 0 Å². The van der Waals surface area contributed by atoms with Crippen LogP contribution < -0.4 is 4.74 Å². The summed E-state index contributed by atoms with van der Waals surface area (Å²) in [5, 5.41) is 0. The molecule has 0 saturated heterocycles. The average molecular weight is 427 g/mol. The Bertz CT molecular complexity index is 611. The Balaban J connectivity index is 2.02. The van der Waals surface area contributed by atoms with Gasteiger partial charge in [-0.05, 0) is 84.8 Å². The van der Waals surface area contributed by atoms with E-state index in [1.54, 1.807) is 0 Å². The lowest BCUT2D eigenvalue weighted by molar-refractivity contribution is 0.386. The highest BCUT2D eigenvalue weighted by atomic mass is 79.9. The van der Waals surface area contributed by atoms with Gasteiger partial charge in [0.15, 0.2) is 0 Å². The van der Waals surface area contributed by atoms with Gasteiger partial charge in [-0.1, -0.05) is 35.0 Å². The van der Waals surface area contributed by atoms with Gasteiger partial charge in [0.05, 0.1) is 4.47 Å². The van der Waals surface area contributed by atoms with E-state index in [9.17, 15) is 0 Å². The molecule has 0 fully saturated rings. The van der Waals surface area contributed by atoms with Crippen LogP contribution in [-0.2, 0) is 0 Å². The molecular formula is C18H21Br2NO. The third kappa shape index (κ3) is 5.11. The van der Waals surface area contributed by atoms with Gasteiger partial charge in [-0.15, -0.1) is 0 Å². The quantitative estimate of drug-likeness (QED) is 0.556. The summed E-state index contributed by atoms with van der Waals surface area (Å²) in [4.78, 5) is 2.22. The Labute approximate surface area is 149 Å². The van der Waals surface area contributed by atoms with Crippen LogP contribution >= 0.6 is 31.9 Å². The third-order valence-corrected chi connectivity index (χ3v) is 4.69. The predicted octanol–water partition coefficient (Wildman–Crippen LogP) is 6.06. The Hall–Kier alpha value is -0.840. The van der Waals surface area contributed by atoms with E-state index >= 15 is 0 Å². The molecule has 1 atom stereocenters. The van der Waals surface area contributed by atoms with Gasteiger partial charge in [0.1, 0.15) is 11.5 Å². The van der Waals surface area contributed by atoms with Gasteiger partial charge in [0.2, 0.25) is 0 Å². The Kier molecular flexibility index (Phi) is 6.48. The summed E-state index contributed by atoms with van der Waals surface area (Å²) in [7, 11) is 4.22. The molecule has 0 aromatic heterocycles. The van der Waals surface area contributed by atoms with Crippen LogP contribution in [0.25, 0.3) is 0 Å².